The molecule has 1 aliphatic rings. The number of carbonyl (C=O) groups is 1. The summed E-state index contributed by atoms with van der Waals surface area (Å²) in [5.74, 6) is -1.47. The normalized spacial score (nSPS) is 16.1. The van der Waals surface area contributed by atoms with Gasteiger partial charge in [0.1, 0.15) is 22.9 Å². The van der Waals surface area contributed by atoms with Crippen LogP contribution in [0.15, 0.2) is 27.8 Å². The third-order valence-corrected chi connectivity index (χ3v) is 7.19. The molecule has 0 saturated carbocycles. The third-order valence-electron chi connectivity index (χ3n) is 7.19. The van der Waals surface area contributed by atoms with Crippen LogP contribution in [0.25, 0.3) is 5.69 Å². The lowest BCUT2D eigenvalue weighted by Gasteiger charge is -2.29. The van der Waals surface area contributed by atoms with Gasteiger partial charge >= 0.3 is 5.69 Å². The van der Waals surface area contributed by atoms with Crippen LogP contribution in [-0.2, 0) is 7.05 Å². The lowest BCUT2D eigenvalue weighted by molar-refractivity contribution is 0.0976. The Kier molecular flexibility index (Phi) is 5.35. The zero-order valence-corrected chi connectivity index (χ0v) is 20.9. The van der Waals surface area contributed by atoms with Gasteiger partial charge in [-0.3, -0.25) is 14.2 Å². The zero-order valence-electron chi connectivity index (χ0n) is 20.9. The van der Waals surface area contributed by atoms with Gasteiger partial charge in [-0.1, -0.05) is 12.1 Å². The molecule has 35 heavy (non-hydrogen) atoms. The molecule has 4 rings (SSSR count). The smallest absolute Gasteiger partial charge is 0.336 e. The summed E-state index contributed by atoms with van der Waals surface area (Å²) in [4.78, 5) is 39.2. The van der Waals surface area contributed by atoms with Gasteiger partial charge in [-0.2, -0.15) is 0 Å². The molecule has 0 aliphatic carbocycles. The molecular formula is C26H30N4O5. The minimum atomic E-state index is -1.05. The van der Waals surface area contributed by atoms with Crippen LogP contribution in [0.1, 0.15) is 63.5 Å². The number of benzene rings is 2. The van der Waals surface area contributed by atoms with Crippen LogP contribution >= 0.6 is 0 Å². The summed E-state index contributed by atoms with van der Waals surface area (Å²) >= 11 is 0. The number of aryl methyl sites for hydroxylation is 1. The maximum atomic E-state index is 13.6. The van der Waals surface area contributed by atoms with E-state index in [0.29, 0.717) is 22.4 Å². The first kappa shape index (κ1) is 24.1. The summed E-state index contributed by atoms with van der Waals surface area (Å²) in [6.07, 6.45) is 0. The van der Waals surface area contributed by atoms with Gasteiger partial charge in [-0.25, -0.2) is 9.36 Å². The van der Waals surface area contributed by atoms with Crippen LogP contribution in [-0.4, -0.2) is 25.7 Å². The number of nitrogens with zero attached hydrogens (tertiary/aromatic N) is 2. The number of aromatic nitrogens is 2. The van der Waals surface area contributed by atoms with Gasteiger partial charge in [-0.05, 0) is 64.3 Å². The van der Waals surface area contributed by atoms with Crippen molar-refractivity contribution in [3.05, 3.63) is 78.0 Å². The Bertz CT molecular complexity index is 1550. The maximum absolute atomic E-state index is 13.6. The summed E-state index contributed by atoms with van der Waals surface area (Å²) in [5, 5.41) is 10.8. The molecule has 184 valence electrons. The summed E-state index contributed by atoms with van der Waals surface area (Å²) < 4.78 is 8.57. The lowest BCUT2D eigenvalue weighted by Crippen LogP contribution is -2.44. The molecule has 9 nitrogen and oxygen atoms in total. The number of carbonyl (C=O) groups excluding carboxylic acids is 1. The van der Waals surface area contributed by atoms with E-state index in [1.54, 1.807) is 33.8 Å². The lowest BCUT2D eigenvalue weighted by atomic mass is 9.78. The number of ether oxygens (including phenoxy) is 1. The van der Waals surface area contributed by atoms with Crippen LogP contribution in [0.4, 0.5) is 5.82 Å². The number of nitrogens with two attached hydrogens (primary N) is 2. The van der Waals surface area contributed by atoms with Crippen LogP contribution in [0.3, 0.4) is 0 Å². The number of aromatic hydroxyl groups is 1. The number of hydrogen-bond donors (Lipinski definition) is 3. The van der Waals surface area contributed by atoms with Crippen LogP contribution in [0.2, 0.25) is 0 Å². The first-order valence-electron chi connectivity index (χ1n) is 11.2. The Balaban J connectivity index is 2.17. The quantitative estimate of drug-likeness (QED) is 0.528. The Morgan fingerprint density at radius 3 is 2.29 bits per heavy atom. The van der Waals surface area contributed by atoms with Crippen molar-refractivity contribution in [2.45, 2.75) is 53.1 Å². The van der Waals surface area contributed by atoms with Crippen molar-refractivity contribution in [3.63, 3.8) is 0 Å². The average Bonchev–Trinajstić information content (AvgIpc) is 3.04. The number of primary amides is 1. The number of anilines is 1. The molecule has 0 saturated heterocycles. The maximum Gasteiger partial charge on any atom is 0.336 e. The summed E-state index contributed by atoms with van der Waals surface area (Å²) in [6.45, 7) is 10.6. The van der Waals surface area contributed by atoms with Crippen molar-refractivity contribution < 1.29 is 14.6 Å². The average molecular weight is 479 g/mol. The number of rotatable bonds is 3. The fraction of sp³-hybridized carbons (Fsp3) is 0.346. The Morgan fingerprint density at radius 1 is 1.06 bits per heavy atom. The fourth-order valence-electron chi connectivity index (χ4n) is 5.15. The molecule has 0 radical (unpaired) electrons. The van der Waals surface area contributed by atoms with E-state index in [1.165, 1.54) is 11.6 Å². The van der Waals surface area contributed by atoms with E-state index in [4.69, 9.17) is 16.2 Å². The number of phenolic OH excluding ortho intramolecular Hbond substituents is 1. The predicted octanol–water partition coefficient (Wildman–Crippen LogP) is 2.46. The topological polar surface area (TPSA) is 143 Å². The second kappa shape index (κ2) is 7.76. The van der Waals surface area contributed by atoms with Crippen LogP contribution in [0, 0.1) is 27.7 Å². The molecule has 1 atom stereocenters. The van der Waals surface area contributed by atoms with Gasteiger partial charge in [0.2, 0.25) is 0 Å². The minimum absolute atomic E-state index is 0.0265. The molecule has 0 spiro atoms. The van der Waals surface area contributed by atoms with Gasteiger partial charge in [0.05, 0.1) is 22.7 Å². The summed E-state index contributed by atoms with van der Waals surface area (Å²) in [5.41, 5.74) is 13.8. The van der Waals surface area contributed by atoms with E-state index in [9.17, 15) is 19.5 Å². The van der Waals surface area contributed by atoms with E-state index in [-0.39, 0.29) is 28.4 Å². The van der Waals surface area contributed by atoms with Crippen molar-refractivity contribution in [2.24, 2.45) is 12.8 Å². The Morgan fingerprint density at radius 2 is 1.69 bits per heavy atom. The van der Waals surface area contributed by atoms with Crippen molar-refractivity contribution in [2.75, 3.05) is 5.73 Å². The highest BCUT2D eigenvalue weighted by Gasteiger charge is 2.48. The first-order valence-corrected chi connectivity index (χ1v) is 11.2. The van der Waals surface area contributed by atoms with E-state index in [1.807, 2.05) is 26.0 Å². The van der Waals surface area contributed by atoms with Gasteiger partial charge in [-0.15, -0.1) is 0 Å². The second-order valence-electron chi connectivity index (χ2n) is 9.72. The molecule has 9 heteroatoms. The predicted molar refractivity (Wildman–Crippen MR) is 134 cm³/mol. The highest BCUT2D eigenvalue weighted by molar-refractivity contribution is 5.99. The molecular weight excluding hydrogens is 448 g/mol. The minimum Gasteiger partial charge on any atom is -0.507 e. The molecule has 1 unspecified atom stereocenters. The molecule has 1 aliphatic heterocycles. The van der Waals surface area contributed by atoms with Gasteiger partial charge < -0.3 is 21.3 Å². The molecule has 2 heterocycles. The van der Waals surface area contributed by atoms with Gasteiger partial charge in [0, 0.05) is 18.2 Å². The van der Waals surface area contributed by atoms with Crippen molar-refractivity contribution >= 4 is 11.7 Å². The van der Waals surface area contributed by atoms with Gasteiger partial charge in [0.15, 0.2) is 0 Å². The second-order valence-corrected chi connectivity index (χ2v) is 9.72. The van der Waals surface area contributed by atoms with E-state index < -0.39 is 28.7 Å². The van der Waals surface area contributed by atoms with Crippen LogP contribution in [0.5, 0.6) is 11.5 Å². The van der Waals surface area contributed by atoms with E-state index in [0.717, 1.165) is 15.7 Å². The fourth-order valence-corrected chi connectivity index (χ4v) is 5.15. The molecule has 1 aromatic heterocycles. The molecule has 0 bridgehead atoms. The highest BCUT2D eigenvalue weighted by Crippen LogP contribution is 2.54. The first-order chi connectivity index (χ1) is 16.2. The Hall–Kier alpha value is -4.01. The summed E-state index contributed by atoms with van der Waals surface area (Å²) in [7, 11) is 1.40. The standard InChI is InChI=1S/C26H30N4O5/c1-11-9-8-10-15(12(11)2)30-22(27)18(24(33)29(7)25(30)34)19-16-13(3)20(31)14(4)17(23(28)32)21(16)35-26(19,5)6/h8-10,19,31H,27H2,1-7H3,(H2,28,32). The molecule has 2 aromatic carbocycles. The SMILES string of the molecule is Cc1cccc(-n2c(N)c(C3c4c(C)c(O)c(C)c(C(N)=O)c4OC3(C)C)c(=O)n(C)c2=O)c1C. The largest absolute Gasteiger partial charge is 0.507 e. The highest BCUT2D eigenvalue weighted by atomic mass is 16.5. The van der Waals surface area contributed by atoms with Crippen molar-refractivity contribution in [3.8, 4) is 17.2 Å². The molecule has 5 N–H and O–H groups in total. The van der Waals surface area contributed by atoms with E-state index in [2.05, 4.69) is 0 Å². The third kappa shape index (κ3) is 3.25. The van der Waals surface area contributed by atoms with Crippen LogP contribution < -0.4 is 27.5 Å². The number of nitrogen functional groups attached to an aromatic ring is 1. The molecule has 1 amide bonds. The van der Waals surface area contributed by atoms with Gasteiger partial charge in [0.25, 0.3) is 11.5 Å². The number of hydrogen-bond acceptors (Lipinski definition) is 6. The zero-order chi connectivity index (χ0) is 26.1. The monoisotopic (exact) mass is 478 g/mol. The van der Waals surface area contributed by atoms with Crippen molar-refractivity contribution in [1.29, 1.82) is 0 Å². The summed E-state index contributed by atoms with van der Waals surface area (Å²) in [6, 6.07) is 5.51. The Labute approximate surface area is 202 Å². The molecule has 0 fully saturated rings. The van der Waals surface area contributed by atoms with Crippen molar-refractivity contribution in [1.82, 2.24) is 9.13 Å². The molecule has 3 aromatic rings. The number of amides is 1. The number of fused-ring (bicyclic) bond motifs is 1. The van der Waals surface area contributed by atoms with E-state index >= 15 is 0 Å². The number of phenols is 1.